The highest BCUT2D eigenvalue weighted by atomic mass is 127. The molecule has 27 heavy (non-hydrogen) atoms. The zero-order valence-electron chi connectivity index (χ0n) is 16.0. The van der Waals surface area contributed by atoms with Crippen LogP contribution in [-0.2, 0) is 6.42 Å². The maximum absolute atomic E-state index is 9.35. The molecule has 1 atom stereocenters. The zero-order chi connectivity index (χ0) is 18.2. The number of nitrogens with one attached hydrogen (secondary N) is 1. The van der Waals surface area contributed by atoms with Crippen molar-refractivity contribution < 1.29 is 5.11 Å². The Morgan fingerprint density at radius 1 is 1.15 bits per heavy atom. The molecule has 4 nitrogen and oxygen atoms in total. The highest BCUT2D eigenvalue weighted by Crippen LogP contribution is 2.26. The molecule has 2 aromatic carbocycles. The lowest BCUT2D eigenvalue weighted by Gasteiger charge is -2.21. The molecule has 0 saturated carbocycles. The van der Waals surface area contributed by atoms with Crippen LogP contribution < -0.4 is 5.32 Å². The standard InChI is InChI=1S/C22H29N3O.HI/c1-2-23-22(24-15-6-7-18-10-12-21(26)13-11-18)25-16-14-20(17-25)19-8-4-3-5-9-19;/h3-5,8-13,20,26H,2,6-7,14-17H2,1H3,(H,23,24);1H. The average molecular weight is 479 g/mol. The fourth-order valence-electron chi connectivity index (χ4n) is 3.51. The van der Waals surface area contributed by atoms with E-state index in [4.69, 9.17) is 4.99 Å². The summed E-state index contributed by atoms with van der Waals surface area (Å²) in [7, 11) is 0. The van der Waals surface area contributed by atoms with Gasteiger partial charge in [0.2, 0.25) is 0 Å². The summed E-state index contributed by atoms with van der Waals surface area (Å²) in [6.07, 6.45) is 3.17. The first kappa shape index (κ1) is 21.5. The fraction of sp³-hybridized carbons (Fsp3) is 0.409. The second-order valence-electron chi connectivity index (χ2n) is 6.85. The number of likely N-dealkylation sites (tertiary alicyclic amines) is 1. The van der Waals surface area contributed by atoms with Crippen molar-refractivity contribution in [1.29, 1.82) is 0 Å². The van der Waals surface area contributed by atoms with Crippen LogP contribution in [0, 0.1) is 0 Å². The van der Waals surface area contributed by atoms with E-state index in [1.54, 1.807) is 12.1 Å². The number of aryl methyl sites for hydroxylation is 1. The van der Waals surface area contributed by atoms with E-state index in [-0.39, 0.29) is 24.0 Å². The molecule has 1 unspecified atom stereocenters. The molecule has 1 heterocycles. The number of nitrogens with zero attached hydrogens (tertiary/aromatic N) is 2. The van der Waals surface area contributed by atoms with E-state index >= 15 is 0 Å². The number of hydrogen-bond acceptors (Lipinski definition) is 2. The Morgan fingerprint density at radius 2 is 1.89 bits per heavy atom. The summed E-state index contributed by atoms with van der Waals surface area (Å²) in [6.45, 7) is 5.92. The van der Waals surface area contributed by atoms with Crippen LogP contribution in [0.3, 0.4) is 0 Å². The number of guanidine groups is 1. The van der Waals surface area contributed by atoms with Crippen LogP contribution >= 0.6 is 24.0 Å². The van der Waals surface area contributed by atoms with E-state index in [1.165, 1.54) is 17.5 Å². The van der Waals surface area contributed by atoms with Gasteiger partial charge in [-0.3, -0.25) is 4.99 Å². The summed E-state index contributed by atoms with van der Waals surface area (Å²) in [5.41, 5.74) is 2.67. The number of phenolic OH excluding ortho intramolecular Hbond substituents is 1. The molecule has 1 aliphatic heterocycles. The SMILES string of the molecule is CCNC(=NCCCc1ccc(O)cc1)N1CCC(c2ccccc2)C1.I. The highest BCUT2D eigenvalue weighted by molar-refractivity contribution is 14.0. The molecule has 0 aliphatic carbocycles. The van der Waals surface area contributed by atoms with Gasteiger partial charge in [0.15, 0.2) is 5.96 Å². The summed E-state index contributed by atoms with van der Waals surface area (Å²) < 4.78 is 0. The van der Waals surface area contributed by atoms with Crippen molar-refractivity contribution >= 4 is 29.9 Å². The minimum absolute atomic E-state index is 0. The predicted molar refractivity (Wildman–Crippen MR) is 123 cm³/mol. The van der Waals surface area contributed by atoms with Crippen molar-refractivity contribution in [3.8, 4) is 5.75 Å². The number of hydrogen-bond donors (Lipinski definition) is 2. The molecule has 2 aromatic rings. The predicted octanol–water partition coefficient (Wildman–Crippen LogP) is 4.40. The highest BCUT2D eigenvalue weighted by Gasteiger charge is 2.25. The molecular weight excluding hydrogens is 449 g/mol. The summed E-state index contributed by atoms with van der Waals surface area (Å²) in [5, 5.41) is 12.8. The van der Waals surface area contributed by atoms with Crippen molar-refractivity contribution in [1.82, 2.24) is 10.2 Å². The Kier molecular flexibility index (Phi) is 8.91. The molecule has 146 valence electrons. The maximum Gasteiger partial charge on any atom is 0.193 e. The molecule has 1 saturated heterocycles. The number of phenols is 1. The minimum Gasteiger partial charge on any atom is -0.508 e. The summed E-state index contributed by atoms with van der Waals surface area (Å²) in [5.74, 6) is 1.96. The zero-order valence-corrected chi connectivity index (χ0v) is 18.3. The molecule has 2 N–H and O–H groups in total. The number of aliphatic imine (C=N–C) groups is 1. The third kappa shape index (κ3) is 6.41. The van der Waals surface area contributed by atoms with Gasteiger partial charge in [-0.05, 0) is 49.4 Å². The quantitative estimate of drug-likeness (QED) is 0.280. The second kappa shape index (κ2) is 11.2. The van der Waals surface area contributed by atoms with Gasteiger partial charge in [0.1, 0.15) is 5.75 Å². The van der Waals surface area contributed by atoms with E-state index in [0.29, 0.717) is 11.7 Å². The van der Waals surface area contributed by atoms with Crippen LogP contribution in [0.5, 0.6) is 5.75 Å². The van der Waals surface area contributed by atoms with Gasteiger partial charge in [0.05, 0.1) is 0 Å². The molecule has 0 amide bonds. The molecule has 1 aliphatic rings. The first-order valence-electron chi connectivity index (χ1n) is 9.62. The lowest BCUT2D eigenvalue weighted by molar-refractivity contribution is 0.475. The van der Waals surface area contributed by atoms with Crippen LogP contribution in [0.15, 0.2) is 59.6 Å². The van der Waals surface area contributed by atoms with Gasteiger partial charge in [-0.1, -0.05) is 42.5 Å². The minimum atomic E-state index is 0. The van der Waals surface area contributed by atoms with Gasteiger partial charge in [-0.25, -0.2) is 0 Å². The Hall–Kier alpha value is -1.76. The van der Waals surface area contributed by atoms with Crippen molar-refractivity contribution in [2.75, 3.05) is 26.2 Å². The first-order valence-corrected chi connectivity index (χ1v) is 9.62. The molecule has 0 aromatic heterocycles. The van der Waals surface area contributed by atoms with Crippen molar-refractivity contribution in [2.24, 2.45) is 4.99 Å². The van der Waals surface area contributed by atoms with Gasteiger partial charge in [0.25, 0.3) is 0 Å². The number of benzene rings is 2. The van der Waals surface area contributed by atoms with Crippen LogP contribution in [-0.4, -0.2) is 42.1 Å². The Morgan fingerprint density at radius 3 is 2.59 bits per heavy atom. The third-order valence-electron chi connectivity index (χ3n) is 4.92. The molecule has 0 bridgehead atoms. The smallest absolute Gasteiger partial charge is 0.193 e. The first-order chi connectivity index (χ1) is 12.8. The monoisotopic (exact) mass is 479 g/mol. The van der Waals surface area contributed by atoms with Crippen molar-refractivity contribution in [2.45, 2.75) is 32.1 Å². The molecular formula is C22H30IN3O. The second-order valence-corrected chi connectivity index (χ2v) is 6.85. The van der Waals surface area contributed by atoms with E-state index in [1.807, 2.05) is 12.1 Å². The van der Waals surface area contributed by atoms with Crippen LogP contribution in [0.4, 0.5) is 0 Å². The molecule has 0 radical (unpaired) electrons. The lowest BCUT2D eigenvalue weighted by atomic mass is 9.99. The molecule has 1 fully saturated rings. The summed E-state index contributed by atoms with van der Waals surface area (Å²) >= 11 is 0. The third-order valence-corrected chi connectivity index (χ3v) is 4.92. The van der Waals surface area contributed by atoms with E-state index < -0.39 is 0 Å². The summed E-state index contributed by atoms with van der Waals surface area (Å²) in [4.78, 5) is 7.23. The van der Waals surface area contributed by atoms with E-state index in [0.717, 1.165) is 45.0 Å². The van der Waals surface area contributed by atoms with Crippen molar-refractivity contribution in [3.63, 3.8) is 0 Å². The van der Waals surface area contributed by atoms with E-state index in [9.17, 15) is 5.11 Å². The Labute approximate surface area is 179 Å². The topological polar surface area (TPSA) is 47.9 Å². The van der Waals surface area contributed by atoms with Crippen LogP contribution in [0.2, 0.25) is 0 Å². The Bertz CT molecular complexity index is 703. The number of halogens is 1. The Balaban J connectivity index is 0.00000261. The molecule has 0 spiro atoms. The van der Waals surface area contributed by atoms with Crippen LogP contribution in [0.1, 0.15) is 36.8 Å². The fourth-order valence-corrected chi connectivity index (χ4v) is 3.51. The normalized spacial score (nSPS) is 16.9. The van der Waals surface area contributed by atoms with Crippen LogP contribution in [0.25, 0.3) is 0 Å². The molecule has 5 heteroatoms. The average Bonchev–Trinajstić information content (AvgIpc) is 3.16. The van der Waals surface area contributed by atoms with Gasteiger partial charge >= 0.3 is 0 Å². The number of aromatic hydroxyl groups is 1. The van der Waals surface area contributed by atoms with Gasteiger partial charge in [-0.2, -0.15) is 0 Å². The number of rotatable bonds is 6. The molecule has 3 rings (SSSR count). The van der Waals surface area contributed by atoms with Crippen molar-refractivity contribution in [3.05, 3.63) is 65.7 Å². The van der Waals surface area contributed by atoms with Gasteiger partial charge < -0.3 is 15.3 Å². The van der Waals surface area contributed by atoms with Gasteiger partial charge in [-0.15, -0.1) is 24.0 Å². The lowest BCUT2D eigenvalue weighted by Crippen LogP contribution is -2.40. The summed E-state index contributed by atoms with van der Waals surface area (Å²) in [6, 6.07) is 18.3. The largest absolute Gasteiger partial charge is 0.508 e. The van der Waals surface area contributed by atoms with Gasteiger partial charge in [0, 0.05) is 32.1 Å². The van der Waals surface area contributed by atoms with E-state index in [2.05, 4.69) is 47.5 Å². The maximum atomic E-state index is 9.35.